The second-order valence-electron chi connectivity index (χ2n) is 4.93. The van der Waals surface area contributed by atoms with Crippen LogP contribution in [0.3, 0.4) is 0 Å². The van der Waals surface area contributed by atoms with Gasteiger partial charge in [-0.3, -0.25) is 4.98 Å². The van der Waals surface area contributed by atoms with Crippen LogP contribution in [0.1, 0.15) is 16.8 Å². The lowest BCUT2D eigenvalue weighted by molar-refractivity contribution is 0.580. The lowest BCUT2D eigenvalue weighted by Gasteiger charge is -2.12. The maximum absolute atomic E-state index is 12.4. The van der Waals surface area contributed by atoms with Crippen LogP contribution >= 0.6 is 0 Å². The van der Waals surface area contributed by atoms with E-state index in [9.17, 15) is 8.42 Å². The number of hydrogen-bond donors (Lipinski definition) is 2. The van der Waals surface area contributed by atoms with E-state index in [0.29, 0.717) is 18.7 Å². The molecule has 2 aromatic rings. The van der Waals surface area contributed by atoms with Gasteiger partial charge in [-0.05, 0) is 49.2 Å². The minimum atomic E-state index is -3.56. The van der Waals surface area contributed by atoms with E-state index in [-0.39, 0.29) is 4.90 Å². The van der Waals surface area contributed by atoms with Crippen molar-refractivity contribution in [2.45, 2.75) is 25.2 Å². The number of nitrogens with two attached hydrogens (primary N) is 1. The van der Waals surface area contributed by atoms with E-state index in [4.69, 9.17) is 5.73 Å². The van der Waals surface area contributed by atoms with Crippen LogP contribution in [-0.4, -0.2) is 19.9 Å². The van der Waals surface area contributed by atoms with Gasteiger partial charge in [0.2, 0.25) is 10.0 Å². The summed E-state index contributed by atoms with van der Waals surface area (Å²) in [6.45, 7) is 3.92. The molecular weight excluding hydrogens is 286 g/mol. The highest BCUT2D eigenvalue weighted by molar-refractivity contribution is 7.89. The lowest BCUT2D eigenvalue weighted by atomic mass is 10.1. The van der Waals surface area contributed by atoms with Gasteiger partial charge in [0.25, 0.3) is 0 Å². The topological polar surface area (TPSA) is 85.1 Å². The molecule has 0 aliphatic carbocycles. The second-order valence-corrected chi connectivity index (χ2v) is 6.67. The van der Waals surface area contributed by atoms with Crippen molar-refractivity contribution in [2.75, 3.05) is 12.3 Å². The van der Waals surface area contributed by atoms with Gasteiger partial charge in [0.1, 0.15) is 0 Å². The van der Waals surface area contributed by atoms with Gasteiger partial charge in [0.05, 0.1) is 4.90 Å². The molecule has 0 spiro atoms. The van der Waals surface area contributed by atoms with Crippen molar-refractivity contribution in [3.05, 3.63) is 53.3 Å². The van der Waals surface area contributed by atoms with Gasteiger partial charge in [-0.15, -0.1) is 0 Å². The molecule has 1 heterocycles. The fraction of sp³-hybridized carbons (Fsp3) is 0.267. The number of rotatable bonds is 5. The summed E-state index contributed by atoms with van der Waals surface area (Å²) in [7, 11) is -3.56. The molecule has 6 heteroatoms. The Balaban J connectivity index is 2.12. The quantitative estimate of drug-likeness (QED) is 0.825. The van der Waals surface area contributed by atoms with Gasteiger partial charge in [-0.25, -0.2) is 13.1 Å². The van der Waals surface area contributed by atoms with Crippen molar-refractivity contribution in [1.82, 2.24) is 9.71 Å². The first kappa shape index (κ1) is 15.5. The van der Waals surface area contributed by atoms with Crippen molar-refractivity contribution in [2.24, 2.45) is 0 Å². The molecule has 0 saturated carbocycles. The standard InChI is InChI=1S/C15H19N3O2S/c1-11-9-13(16)10-15(12(11)2)21(19,20)18-8-6-14-5-3-4-7-17-14/h3-5,7,9-10,18H,6,8,16H2,1-2H3. The van der Waals surface area contributed by atoms with Crippen molar-refractivity contribution in [3.63, 3.8) is 0 Å². The third-order valence-electron chi connectivity index (χ3n) is 3.33. The van der Waals surface area contributed by atoms with Crippen LogP contribution in [0.15, 0.2) is 41.4 Å². The molecule has 21 heavy (non-hydrogen) atoms. The summed E-state index contributed by atoms with van der Waals surface area (Å²) in [6, 6.07) is 8.83. The van der Waals surface area contributed by atoms with Crippen LogP contribution in [0.25, 0.3) is 0 Å². The summed E-state index contributed by atoms with van der Waals surface area (Å²) in [4.78, 5) is 4.40. The Bertz CT molecular complexity index is 728. The number of nitrogen functional groups attached to an aromatic ring is 1. The fourth-order valence-corrected chi connectivity index (χ4v) is 3.45. The number of sulfonamides is 1. The van der Waals surface area contributed by atoms with Crippen LogP contribution in [-0.2, 0) is 16.4 Å². The molecule has 0 aliphatic heterocycles. The molecule has 0 bridgehead atoms. The maximum atomic E-state index is 12.4. The first-order valence-electron chi connectivity index (χ1n) is 6.66. The number of nitrogens with zero attached hydrogens (tertiary/aromatic N) is 1. The zero-order valence-corrected chi connectivity index (χ0v) is 12.9. The predicted octanol–water partition coefficient (Wildman–Crippen LogP) is 1.80. The van der Waals surface area contributed by atoms with Crippen molar-refractivity contribution >= 4 is 15.7 Å². The van der Waals surface area contributed by atoms with Crippen LogP contribution in [0.5, 0.6) is 0 Å². The van der Waals surface area contributed by atoms with E-state index < -0.39 is 10.0 Å². The third kappa shape index (κ3) is 3.80. The highest BCUT2D eigenvalue weighted by atomic mass is 32.2. The number of anilines is 1. The SMILES string of the molecule is Cc1cc(N)cc(S(=O)(=O)NCCc2ccccn2)c1C. The summed E-state index contributed by atoms with van der Waals surface area (Å²) in [5, 5.41) is 0. The lowest BCUT2D eigenvalue weighted by Crippen LogP contribution is -2.27. The molecule has 1 aromatic heterocycles. The van der Waals surface area contributed by atoms with Crippen LogP contribution in [0, 0.1) is 13.8 Å². The minimum absolute atomic E-state index is 0.237. The van der Waals surface area contributed by atoms with E-state index in [1.807, 2.05) is 25.1 Å². The van der Waals surface area contributed by atoms with E-state index in [0.717, 1.165) is 16.8 Å². The first-order chi connectivity index (χ1) is 9.90. The van der Waals surface area contributed by atoms with Gasteiger partial charge in [0.15, 0.2) is 0 Å². The smallest absolute Gasteiger partial charge is 0.240 e. The van der Waals surface area contributed by atoms with E-state index in [2.05, 4.69) is 9.71 Å². The molecule has 0 fully saturated rings. The summed E-state index contributed by atoms with van der Waals surface area (Å²) in [5.74, 6) is 0. The van der Waals surface area contributed by atoms with E-state index in [1.165, 1.54) is 6.07 Å². The number of nitrogens with one attached hydrogen (secondary N) is 1. The molecule has 0 unspecified atom stereocenters. The molecule has 0 amide bonds. The van der Waals surface area contributed by atoms with Crippen LogP contribution in [0.2, 0.25) is 0 Å². The molecule has 1 aromatic carbocycles. The average molecular weight is 305 g/mol. The zero-order chi connectivity index (χ0) is 15.5. The summed E-state index contributed by atoms with van der Waals surface area (Å²) >= 11 is 0. The predicted molar refractivity (Wildman–Crippen MR) is 83.5 cm³/mol. The van der Waals surface area contributed by atoms with Gasteiger partial charge < -0.3 is 5.73 Å². The number of aromatic nitrogens is 1. The Morgan fingerprint density at radius 2 is 2.00 bits per heavy atom. The monoisotopic (exact) mass is 305 g/mol. The van der Waals surface area contributed by atoms with Crippen molar-refractivity contribution in [3.8, 4) is 0 Å². The molecule has 0 aliphatic rings. The number of aryl methyl sites for hydroxylation is 1. The normalized spacial score (nSPS) is 11.5. The Hall–Kier alpha value is -1.92. The highest BCUT2D eigenvalue weighted by Gasteiger charge is 2.18. The van der Waals surface area contributed by atoms with Crippen LogP contribution < -0.4 is 10.5 Å². The molecule has 0 saturated heterocycles. The van der Waals surface area contributed by atoms with E-state index >= 15 is 0 Å². The zero-order valence-electron chi connectivity index (χ0n) is 12.1. The van der Waals surface area contributed by atoms with Crippen LogP contribution in [0.4, 0.5) is 5.69 Å². The summed E-state index contributed by atoms with van der Waals surface area (Å²) in [5.41, 5.74) is 8.62. The maximum Gasteiger partial charge on any atom is 0.240 e. The molecule has 5 nitrogen and oxygen atoms in total. The Morgan fingerprint density at radius 1 is 1.24 bits per heavy atom. The summed E-state index contributed by atoms with van der Waals surface area (Å²) in [6.07, 6.45) is 2.23. The molecule has 0 atom stereocenters. The fourth-order valence-electron chi connectivity index (χ4n) is 2.07. The molecular formula is C15H19N3O2S. The van der Waals surface area contributed by atoms with Crippen molar-refractivity contribution < 1.29 is 8.42 Å². The first-order valence-corrected chi connectivity index (χ1v) is 8.15. The second kappa shape index (κ2) is 6.24. The van der Waals surface area contributed by atoms with E-state index in [1.54, 1.807) is 19.2 Å². The third-order valence-corrected chi connectivity index (χ3v) is 4.92. The minimum Gasteiger partial charge on any atom is -0.399 e. The molecule has 112 valence electrons. The highest BCUT2D eigenvalue weighted by Crippen LogP contribution is 2.22. The number of hydrogen-bond acceptors (Lipinski definition) is 4. The molecule has 0 radical (unpaired) electrons. The largest absolute Gasteiger partial charge is 0.399 e. The number of pyridine rings is 1. The summed E-state index contributed by atoms with van der Waals surface area (Å²) < 4.78 is 27.3. The Labute approximate surface area is 125 Å². The molecule has 2 rings (SSSR count). The Morgan fingerprint density at radius 3 is 2.67 bits per heavy atom. The van der Waals surface area contributed by atoms with Gasteiger partial charge in [-0.1, -0.05) is 6.07 Å². The van der Waals surface area contributed by atoms with Gasteiger partial charge >= 0.3 is 0 Å². The van der Waals surface area contributed by atoms with Gasteiger partial charge in [-0.2, -0.15) is 0 Å². The van der Waals surface area contributed by atoms with Crippen molar-refractivity contribution in [1.29, 1.82) is 0 Å². The number of benzene rings is 1. The Kier molecular flexibility index (Phi) is 4.59. The average Bonchev–Trinajstić information content (AvgIpc) is 2.43. The van der Waals surface area contributed by atoms with Gasteiger partial charge in [0, 0.05) is 30.5 Å². The molecule has 3 N–H and O–H groups in total.